The van der Waals surface area contributed by atoms with Crippen LogP contribution in [0.4, 0.5) is 0 Å². The van der Waals surface area contributed by atoms with Gasteiger partial charge in [-0.05, 0) is 56.3 Å². The van der Waals surface area contributed by atoms with Crippen molar-refractivity contribution in [1.29, 1.82) is 0 Å². The smallest absolute Gasteiger partial charge is 0.292 e. The van der Waals surface area contributed by atoms with E-state index < -0.39 is 11.7 Å². The van der Waals surface area contributed by atoms with Gasteiger partial charge in [0.1, 0.15) is 0 Å². The van der Waals surface area contributed by atoms with Crippen molar-refractivity contribution in [2.75, 3.05) is 0 Å². The second-order valence-corrected chi connectivity index (χ2v) is 7.38. The highest BCUT2D eigenvalue weighted by Gasteiger charge is 2.51. The third kappa shape index (κ3) is 2.19. The first-order valence-corrected chi connectivity index (χ1v) is 7.88. The summed E-state index contributed by atoms with van der Waals surface area (Å²) < 4.78 is 1.55. The van der Waals surface area contributed by atoms with E-state index >= 15 is 0 Å². The fraction of sp³-hybridized carbons (Fsp3) is 0.688. The van der Waals surface area contributed by atoms with Crippen LogP contribution in [0.15, 0.2) is 12.4 Å². The topological polar surface area (TPSA) is 64.0 Å². The van der Waals surface area contributed by atoms with Gasteiger partial charge in [0, 0.05) is 18.8 Å². The highest BCUT2D eigenvalue weighted by Crippen LogP contribution is 2.55. The van der Waals surface area contributed by atoms with E-state index in [4.69, 9.17) is 0 Å². The molecule has 5 rings (SSSR count). The Bertz CT molecular complexity index is 569. The van der Waals surface area contributed by atoms with Gasteiger partial charge in [0.25, 0.3) is 11.7 Å². The van der Waals surface area contributed by atoms with Crippen molar-refractivity contribution in [2.24, 2.45) is 24.8 Å². The van der Waals surface area contributed by atoms with Crippen molar-refractivity contribution in [3.8, 4) is 0 Å². The molecule has 0 aromatic carbocycles. The number of aromatic nitrogens is 2. The van der Waals surface area contributed by atoms with Crippen LogP contribution in [-0.4, -0.2) is 27.0 Å². The van der Waals surface area contributed by atoms with Crippen molar-refractivity contribution in [3.63, 3.8) is 0 Å². The molecule has 4 saturated carbocycles. The molecule has 21 heavy (non-hydrogen) atoms. The predicted molar refractivity (Wildman–Crippen MR) is 76.6 cm³/mol. The molecule has 5 heteroatoms. The summed E-state index contributed by atoms with van der Waals surface area (Å²) in [5.41, 5.74) is 0.267. The van der Waals surface area contributed by atoms with E-state index in [0.29, 0.717) is 5.56 Å². The minimum Gasteiger partial charge on any atom is -0.344 e. The first-order valence-electron chi connectivity index (χ1n) is 7.88. The summed E-state index contributed by atoms with van der Waals surface area (Å²) >= 11 is 0. The number of carbonyl (C=O) groups is 2. The van der Waals surface area contributed by atoms with E-state index in [1.54, 1.807) is 17.9 Å². The fourth-order valence-corrected chi connectivity index (χ4v) is 5.23. The van der Waals surface area contributed by atoms with Gasteiger partial charge in [-0.3, -0.25) is 14.3 Å². The van der Waals surface area contributed by atoms with E-state index in [0.717, 1.165) is 37.0 Å². The van der Waals surface area contributed by atoms with Crippen molar-refractivity contribution >= 4 is 11.7 Å². The number of nitrogens with one attached hydrogen (secondary N) is 1. The summed E-state index contributed by atoms with van der Waals surface area (Å²) in [6, 6.07) is 0. The van der Waals surface area contributed by atoms with Crippen molar-refractivity contribution in [2.45, 2.75) is 44.1 Å². The molecule has 0 spiro atoms. The van der Waals surface area contributed by atoms with Crippen LogP contribution >= 0.6 is 0 Å². The van der Waals surface area contributed by atoms with Gasteiger partial charge in [-0.15, -0.1) is 0 Å². The second kappa shape index (κ2) is 4.42. The summed E-state index contributed by atoms with van der Waals surface area (Å²) in [5.74, 6) is 1.35. The largest absolute Gasteiger partial charge is 0.344 e. The Hall–Kier alpha value is -1.65. The minimum absolute atomic E-state index is 0.107. The Morgan fingerprint density at radius 3 is 2.24 bits per heavy atom. The Morgan fingerprint density at radius 2 is 1.76 bits per heavy atom. The number of aryl methyl sites for hydroxylation is 1. The second-order valence-electron chi connectivity index (χ2n) is 7.38. The Balaban J connectivity index is 1.50. The van der Waals surface area contributed by atoms with Crippen LogP contribution in [0.25, 0.3) is 0 Å². The number of ketones is 1. The predicted octanol–water partition coefficient (Wildman–Crippen LogP) is 1.69. The number of Topliss-reactive ketones (excluding diaryl/α,β-unsaturated/α-hetero) is 1. The molecule has 0 saturated heterocycles. The zero-order chi connectivity index (χ0) is 14.6. The number of rotatable bonds is 3. The zero-order valence-corrected chi connectivity index (χ0v) is 12.3. The first kappa shape index (κ1) is 13.0. The Kier molecular flexibility index (Phi) is 2.75. The molecule has 1 aromatic heterocycles. The van der Waals surface area contributed by atoms with E-state index in [1.807, 2.05) is 0 Å². The van der Waals surface area contributed by atoms with Gasteiger partial charge in [-0.1, -0.05) is 0 Å². The number of nitrogens with zero attached hydrogens (tertiary/aromatic N) is 2. The van der Waals surface area contributed by atoms with E-state index in [1.165, 1.54) is 25.5 Å². The maximum Gasteiger partial charge on any atom is 0.292 e. The van der Waals surface area contributed by atoms with Crippen LogP contribution < -0.4 is 5.32 Å². The lowest BCUT2D eigenvalue weighted by atomic mass is 9.53. The lowest BCUT2D eigenvalue weighted by Gasteiger charge is -2.56. The van der Waals surface area contributed by atoms with Crippen molar-refractivity contribution in [1.82, 2.24) is 15.1 Å². The average Bonchev–Trinajstić information content (AvgIpc) is 2.82. The molecule has 0 unspecified atom stereocenters. The summed E-state index contributed by atoms with van der Waals surface area (Å²) in [5, 5.41) is 7.07. The maximum atomic E-state index is 12.3. The van der Waals surface area contributed by atoms with Gasteiger partial charge < -0.3 is 5.32 Å². The third-order valence-corrected chi connectivity index (χ3v) is 5.59. The van der Waals surface area contributed by atoms with E-state index in [9.17, 15) is 9.59 Å². The highest BCUT2D eigenvalue weighted by molar-refractivity contribution is 6.42. The van der Waals surface area contributed by atoms with Gasteiger partial charge in [0.2, 0.25) is 0 Å². The lowest BCUT2D eigenvalue weighted by Crippen LogP contribution is -2.60. The van der Waals surface area contributed by atoms with Gasteiger partial charge >= 0.3 is 0 Å². The van der Waals surface area contributed by atoms with Gasteiger partial charge in [-0.2, -0.15) is 5.10 Å². The van der Waals surface area contributed by atoms with Crippen LogP contribution in [-0.2, 0) is 11.8 Å². The van der Waals surface area contributed by atoms with Crippen LogP contribution in [0.5, 0.6) is 0 Å². The summed E-state index contributed by atoms with van der Waals surface area (Å²) in [7, 11) is 1.74. The average molecular weight is 287 g/mol. The van der Waals surface area contributed by atoms with Gasteiger partial charge in [0.15, 0.2) is 0 Å². The molecule has 4 fully saturated rings. The van der Waals surface area contributed by atoms with Crippen LogP contribution in [0.2, 0.25) is 0 Å². The van der Waals surface area contributed by atoms with E-state index in [-0.39, 0.29) is 5.54 Å². The van der Waals surface area contributed by atoms with Crippen LogP contribution in [0.1, 0.15) is 48.9 Å². The molecule has 0 aliphatic heterocycles. The molecule has 4 aliphatic carbocycles. The molecular weight excluding hydrogens is 266 g/mol. The standard InChI is InChI=1S/C16H21N3O2/c1-19-9-13(8-17-19)14(20)15(21)18-16-5-10-2-11(6-16)4-12(3-10)7-16/h8-12H,2-7H2,1H3,(H,18,21). The lowest BCUT2D eigenvalue weighted by molar-refractivity contribution is -0.122. The molecule has 4 bridgehead atoms. The SMILES string of the molecule is Cn1cc(C(=O)C(=O)NC23CC4CC(CC(C4)C2)C3)cn1. The maximum absolute atomic E-state index is 12.3. The monoisotopic (exact) mass is 287 g/mol. The summed E-state index contributed by atoms with van der Waals surface area (Å²) in [4.78, 5) is 24.6. The zero-order valence-electron chi connectivity index (χ0n) is 12.3. The van der Waals surface area contributed by atoms with Crippen LogP contribution in [0.3, 0.4) is 0 Å². The molecule has 0 radical (unpaired) electrons. The van der Waals surface area contributed by atoms with Gasteiger partial charge in [-0.25, -0.2) is 0 Å². The normalized spacial score (nSPS) is 36.7. The van der Waals surface area contributed by atoms with Crippen molar-refractivity contribution < 1.29 is 9.59 Å². The number of hydrogen-bond donors (Lipinski definition) is 1. The molecule has 112 valence electrons. The molecule has 5 nitrogen and oxygen atoms in total. The number of amides is 1. The fourth-order valence-electron chi connectivity index (χ4n) is 5.23. The molecular formula is C16H21N3O2. The summed E-state index contributed by atoms with van der Waals surface area (Å²) in [6.45, 7) is 0. The number of carbonyl (C=O) groups excluding carboxylic acids is 2. The van der Waals surface area contributed by atoms with Crippen molar-refractivity contribution in [3.05, 3.63) is 18.0 Å². The van der Waals surface area contributed by atoms with Gasteiger partial charge in [0.05, 0.1) is 11.8 Å². The summed E-state index contributed by atoms with van der Waals surface area (Å²) in [6.07, 6.45) is 10.2. The van der Waals surface area contributed by atoms with Crippen LogP contribution in [0, 0.1) is 17.8 Å². The Morgan fingerprint density at radius 1 is 1.19 bits per heavy atom. The quantitative estimate of drug-likeness (QED) is 0.679. The molecule has 4 aliphatic rings. The molecule has 1 aromatic rings. The third-order valence-electron chi connectivity index (χ3n) is 5.59. The molecule has 1 amide bonds. The minimum atomic E-state index is -0.459. The first-order chi connectivity index (χ1) is 10.0. The van der Waals surface area contributed by atoms with E-state index in [2.05, 4.69) is 10.4 Å². The highest BCUT2D eigenvalue weighted by atomic mass is 16.2. The molecule has 1 heterocycles. The number of hydrogen-bond acceptors (Lipinski definition) is 3. The molecule has 1 N–H and O–H groups in total. The molecule has 0 atom stereocenters. The Labute approximate surface area is 124 Å².